The van der Waals surface area contributed by atoms with E-state index >= 15 is 0 Å². The molecule has 4 aromatic rings. The van der Waals surface area contributed by atoms with Gasteiger partial charge in [-0.15, -0.1) is 5.10 Å². The summed E-state index contributed by atoms with van der Waals surface area (Å²) in [7, 11) is 0. The summed E-state index contributed by atoms with van der Waals surface area (Å²) in [6, 6.07) is 14.0. The van der Waals surface area contributed by atoms with Crippen LogP contribution in [0, 0.1) is 6.92 Å². The summed E-state index contributed by atoms with van der Waals surface area (Å²) in [5, 5.41) is 17.2. The summed E-state index contributed by atoms with van der Waals surface area (Å²) in [5.74, 6) is 0.950. The minimum Gasteiger partial charge on any atom is -0.410 e. The van der Waals surface area contributed by atoms with Gasteiger partial charge in [-0.2, -0.15) is 0 Å². The van der Waals surface area contributed by atoms with Crippen LogP contribution in [0.4, 0.5) is 0 Å². The smallest absolute Gasteiger partial charge is 0.130 e. The zero-order chi connectivity index (χ0) is 15.8. The molecule has 4 rings (SSSR count). The molecule has 1 N–H and O–H groups in total. The van der Waals surface area contributed by atoms with Gasteiger partial charge < -0.3 is 9.77 Å². The molecule has 2 aromatic heterocycles. The number of hydrogen-bond donors (Lipinski definition) is 1. The fourth-order valence-electron chi connectivity index (χ4n) is 2.81. The molecule has 114 valence electrons. The predicted octanol–water partition coefficient (Wildman–Crippen LogP) is 2.75. The standard InChI is InChI=1S/C17H15N5O/c1-12-18-8-9-21(12)16-5-3-2-4-14(16)10-13-6-7-15-17(11-13)22(23)20-19-15/h2-9,11,23H,10H2,1H3. The molecule has 23 heavy (non-hydrogen) atoms. The van der Waals surface area contributed by atoms with Crippen LogP contribution in [-0.2, 0) is 6.42 Å². The molecular formula is C17H15N5O. The Balaban J connectivity index is 1.76. The normalized spacial score (nSPS) is 11.2. The fourth-order valence-corrected chi connectivity index (χ4v) is 2.81. The number of rotatable bonds is 3. The monoisotopic (exact) mass is 305 g/mol. The molecular weight excluding hydrogens is 290 g/mol. The van der Waals surface area contributed by atoms with Crippen LogP contribution in [0.5, 0.6) is 0 Å². The first-order chi connectivity index (χ1) is 11.2. The van der Waals surface area contributed by atoms with Gasteiger partial charge in [-0.1, -0.05) is 29.1 Å². The van der Waals surface area contributed by atoms with Crippen LogP contribution in [0.1, 0.15) is 17.0 Å². The van der Waals surface area contributed by atoms with E-state index in [-0.39, 0.29) is 0 Å². The molecule has 0 fully saturated rings. The molecule has 2 aromatic carbocycles. The van der Waals surface area contributed by atoms with Crippen LogP contribution in [0.15, 0.2) is 54.9 Å². The predicted molar refractivity (Wildman–Crippen MR) is 85.8 cm³/mol. The second kappa shape index (κ2) is 5.24. The molecule has 0 aliphatic heterocycles. The Morgan fingerprint density at radius 1 is 1.13 bits per heavy atom. The van der Waals surface area contributed by atoms with Gasteiger partial charge in [0, 0.05) is 12.4 Å². The Hall–Kier alpha value is -3.15. The summed E-state index contributed by atoms with van der Waals surface area (Å²) in [6.45, 7) is 1.98. The molecule has 2 heterocycles. The van der Waals surface area contributed by atoms with E-state index in [1.807, 2.05) is 43.5 Å². The maximum atomic E-state index is 9.67. The summed E-state index contributed by atoms with van der Waals surface area (Å²) in [6.07, 6.45) is 4.51. The van der Waals surface area contributed by atoms with Crippen LogP contribution < -0.4 is 0 Å². The first-order valence-electron chi connectivity index (χ1n) is 7.34. The van der Waals surface area contributed by atoms with E-state index in [4.69, 9.17) is 0 Å². The van der Waals surface area contributed by atoms with Gasteiger partial charge in [0.2, 0.25) is 0 Å². The van der Waals surface area contributed by atoms with Crippen LogP contribution in [0.25, 0.3) is 16.7 Å². The van der Waals surface area contributed by atoms with E-state index in [9.17, 15) is 5.21 Å². The SMILES string of the molecule is Cc1nccn1-c1ccccc1Cc1ccc2nnn(O)c2c1. The third-order valence-electron chi connectivity index (χ3n) is 3.96. The molecule has 0 aliphatic rings. The van der Waals surface area contributed by atoms with Crippen molar-refractivity contribution < 1.29 is 5.21 Å². The lowest BCUT2D eigenvalue weighted by atomic mass is 10.0. The lowest BCUT2D eigenvalue weighted by molar-refractivity contribution is 0.154. The largest absolute Gasteiger partial charge is 0.410 e. The first-order valence-corrected chi connectivity index (χ1v) is 7.34. The van der Waals surface area contributed by atoms with Gasteiger partial charge in [-0.3, -0.25) is 0 Å². The number of imidazole rings is 1. The molecule has 0 atom stereocenters. The summed E-state index contributed by atoms with van der Waals surface area (Å²) < 4.78 is 2.08. The third-order valence-corrected chi connectivity index (χ3v) is 3.96. The van der Waals surface area contributed by atoms with Crippen molar-refractivity contribution in [3.8, 4) is 5.69 Å². The van der Waals surface area contributed by atoms with E-state index in [1.165, 1.54) is 5.56 Å². The van der Waals surface area contributed by atoms with Crippen LogP contribution in [0.2, 0.25) is 0 Å². The second-order valence-corrected chi connectivity index (χ2v) is 5.45. The van der Waals surface area contributed by atoms with E-state index in [0.29, 0.717) is 11.0 Å². The highest BCUT2D eigenvalue weighted by Gasteiger charge is 2.09. The molecule has 0 saturated heterocycles. The second-order valence-electron chi connectivity index (χ2n) is 5.45. The van der Waals surface area contributed by atoms with Crippen molar-refractivity contribution in [2.24, 2.45) is 0 Å². The number of aryl methyl sites for hydroxylation is 1. The molecule has 6 nitrogen and oxygen atoms in total. The van der Waals surface area contributed by atoms with Crippen molar-refractivity contribution in [3.05, 3.63) is 71.8 Å². The highest BCUT2D eigenvalue weighted by atomic mass is 16.5. The number of aromatic nitrogens is 5. The van der Waals surface area contributed by atoms with Crippen LogP contribution >= 0.6 is 0 Å². The van der Waals surface area contributed by atoms with Crippen molar-refractivity contribution >= 4 is 11.0 Å². The molecule has 0 bridgehead atoms. The van der Waals surface area contributed by atoms with Crippen molar-refractivity contribution in [3.63, 3.8) is 0 Å². The Morgan fingerprint density at radius 3 is 2.83 bits per heavy atom. The number of benzene rings is 2. The maximum Gasteiger partial charge on any atom is 0.130 e. The Labute approximate surface area is 132 Å². The van der Waals surface area contributed by atoms with Crippen molar-refractivity contribution in [1.29, 1.82) is 0 Å². The average Bonchev–Trinajstić information content (AvgIpc) is 3.15. The number of nitrogens with zero attached hydrogens (tertiary/aromatic N) is 5. The van der Waals surface area contributed by atoms with Gasteiger partial charge in [0.1, 0.15) is 16.9 Å². The Bertz CT molecular complexity index is 985. The van der Waals surface area contributed by atoms with E-state index in [0.717, 1.165) is 28.3 Å². The minimum absolute atomic E-state index is 0.610. The van der Waals surface area contributed by atoms with Crippen molar-refractivity contribution in [2.45, 2.75) is 13.3 Å². The van der Waals surface area contributed by atoms with Crippen molar-refractivity contribution in [1.82, 2.24) is 24.7 Å². The van der Waals surface area contributed by atoms with Gasteiger partial charge in [0.25, 0.3) is 0 Å². The lowest BCUT2D eigenvalue weighted by Gasteiger charge is -2.12. The van der Waals surface area contributed by atoms with Gasteiger partial charge in [-0.25, -0.2) is 4.98 Å². The topological polar surface area (TPSA) is 68.8 Å². The molecule has 0 saturated carbocycles. The molecule has 0 spiro atoms. The summed E-state index contributed by atoms with van der Waals surface area (Å²) in [5.41, 5.74) is 4.66. The molecule has 6 heteroatoms. The van der Waals surface area contributed by atoms with Gasteiger partial charge >= 0.3 is 0 Å². The van der Waals surface area contributed by atoms with E-state index < -0.39 is 0 Å². The van der Waals surface area contributed by atoms with E-state index in [2.05, 4.69) is 32.0 Å². The molecule has 0 aliphatic carbocycles. The number of fused-ring (bicyclic) bond motifs is 1. The van der Waals surface area contributed by atoms with Gasteiger partial charge in [0.05, 0.1) is 5.69 Å². The Kier molecular flexibility index (Phi) is 3.08. The van der Waals surface area contributed by atoms with Gasteiger partial charge in [0.15, 0.2) is 0 Å². The summed E-state index contributed by atoms with van der Waals surface area (Å²) in [4.78, 5) is 5.11. The highest BCUT2D eigenvalue weighted by Crippen LogP contribution is 2.21. The maximum absolute atomic E-state index is 9.67. The van der Waals surface area contributed by atoms with Crippen molar-refractivity contribution in [2.75, 3.05) is 0 Å². The lowest BCUT2D eigenvalue weighted by Crippen LogP contribution is -2.01. The Morgan fingerprint density at radius 2 is 2.00 bits per heavy atom. The fraction of sp³-hybridized carbons (Fsp3) is 0.118. The number of para-hydroxylation sites is 1. The zero-order valence-corrected chi connectivity index (χ0v) is 12.6. The third kappa shape index (κ3) is 2.34. The number of hydrogen-bond acceptors (Lipinski definition) is 4. The quantitative estimate of drug-likeness (QED) is 0.591. The zero-order valence-electron chi connectivity index (χ0n) is 12.6. The van der Waals surface area contributed by atoms with Crippen LogP contribution in [-0.4, -0.2) is 29.9 Å². The van der Waals surface area contributed by atoms with Gasteiger partial charge in [-0.05, 0) is 47.9 Å². The average molecular weight is 305 g/mol. The highest BCUT2D eigenvalue weighted by molar-refractivity contribution is 5.74. The summed E-state index contributed by atoms with van der Waals surface area (Å²) >= 11 is 0. The minimum atomic E-state index is 0.610. The molecule has 0 unspecified atom stereocenters. The van der Waals surface area contributed by atoms with Crippen LogP contribution in [0.3, 0.4) is 0 Å². The molecule has 0 radical (unpaired) electrons. The molecule has 0 amide bonds. The first kappa shape index (κ1) is 13.5. The van der Waals surface area contributed by atoms with E-state index in [1.54, 1.807) is 6.20 Å².